The van der Waals surface area contributed by atoms with E-state index in [-0.39, 0.29) is 5.56 Å². The SMILES string of the molecule is CN(C)c1cncc(-c2cccc(C(=O)O)c2)n1. The molecule has 2 rings (SSSR count). The maximum absolute atomic E-state index is 10.9. The monoisotopic (exact) mass is 243 g/mol. The van der Waals surface area contributed by atoms with Crippen LogP contribution >= 0.6 is 0 Å². The van der Waals surface area contributed by atoms with Crippen molar-refractivity contribution in [3.63, 3.8) is 0 Å². The molecular weight excluding hydrogens is 230 g/mol. The minimum absolute atomic E-state index is 0.240. The Bertz CT molecular complexity index is 582. The number of hydrogen-bond acceptors (Lipinski definition) is 4. The molecule has 0 unspecified atom stereocenters. The van der Waals surface area contributed by atoms with Crippen LogP contribution in [0.5, 0.6) is 0 Å². The fraction of sp³-hybridized carbons (Fsp3) is 0.154. The first-order chi connectivity index (χ1) is 8.58. The van der Waals surface area contributed by atoms with Gasteiger partial charge in [0.1, 0.15) is 5.82 Å². The molecule has 0 saturated heterocycles. The van der Waals surface area contributed by atoms with Gasteiger partial charge >= 0.3 is 5.97 Å². The molecule has 0 radical (unpaired) electrons. The molecule has 0 aliphatic rings. The van der Waals surface area contributed by atoms with E-state index < -0.39 is 5.97 Å². The highest BCUT2D eigenvalue weighted by Crippen LogP contribution is 2.19. The van der Waals surface area contributed by atoms with Gasteiger partial charge in [0.2, 0.25) is 0 Å². The highest BCUT2D eigenvalue weighted by Gasteiger charge is 2.07. The highest BCUT2D eigenvalue weighted by atomic mass is 16.4. The average Bonchev–Trinajstić information content (AvgIpc) is 2.39. The molecule has 1 aromatic heterocycles. The van der Waals surface area contributed by atoms with Crippen molar-refractivity contribution in [1.29, 1.82) is 0 Å². The van der Waals surface area contributed by atoms with Crippen molar-refractivity contribution in [3.8, 4) is 11.3 Å². The Labute approximate surface area is 105 Å². The number of aromatic nitrogens is 2. The Hall–Kier alpha value is -2.43. The van der Waals surface area contributed by atoms with Gasteiger partial charge in [-0.3, -0.25) is 4.98 Å². The quantitative estimate of drug-likeness (QED) is 0.891. The Balaban J connectivity index is 2.45. The van der Waals surface area contributed by atoms with Gasteiger partial charge < -0.3 is 10.0 Å². The van der Waals surface area contributed by atoms with Crippen molar-refractivity contribution in [2.45, 2.75) is 0 Å². The molecule has 0 spiro atoms. The number of rotatable bonds is 3. The van der Waals surface area contributed by atoms with Crippen molar-refractivity contribution in [3.05, 3.63) is 42.2 Å². The molecule has 2 aromatic rings. The third kappa shape index (κ3) is 2.45. The lowest BCUT2D eigenvalue weighted by Crippen LogP contribution is -2.11. The lowest BCUT2D eigenvalue weighted by Gasteiger charge is -2.11. The standard InChI is InChI=1S/C13H13N3O2/c1-16(2)12-8-14-7-11(15-12)9-4-3-5-10(6-9)13(17)18/h3-8H,1-2H3,(H,17,18). The van der Waals surface area contributed by atoms with Crippen LogP contribution in [0.15, 0.2) is 36.7 Å². The number of carboxylic acids is 1. The Kier molecular flexibility index (Phi) is 3.23. The van der Waals surface area contributed by atoms with Gasteiger partial charge in [-0.15, -0.1) is 0 Å². The number of aromatic carboxylic acids is 1. The lowest BCUT2D eigenvalue weighted by molar-refractivity contribution is 0.0697. The number of nitrogens with zero attached hydrogens (tertiary/aromatic N) is 3. The second-order valence-electron chi connectivity index (χ2n) is 4.04. The third-order valence-corrected chi connectivity index (χ3v) is 2.49. The molecule has 1 aromatic carbocycles. The molecule has 0 fully saturated rings. The van der Waals surface area contributed by atoms with E-state index in [2.05, 4.69) is 9.97 Å². The molecule has 0 atom stereocenters. The van der Waals surface area contributed by atoms with Gasteiger partial charge in [0.15, 0.2) is 0 Å². The van der Waals surface area contributed by atoms with Gasteiger partial charge in [0.05, 0.1) is 23.7 Å². The Morgan fingerprint density at radius 1 is 1.28 bits per heavy atom. The van der Waals surface area contributed by atoms with Crippen LogP contribution in [-0.4, -0.2) is 35.1 Å². The largest absolute Gasteiger partial charge is 0.478 e. The summed E-state index contributed by atoms with van der Waals surface area (Å²) in [6.07, 6.45) is 3.28. The van der Waals surface area contributed by atoms with Gasteiger partial charge in [-0.05, 0) is 12.1 Å². The first-order valence-corrected chi connectivity index (χ1v) is 5.41. The van der Waals surface area contributed by atoms with Crippen molar-refractivity contribution in [2.24, 2.45) is 0 Å². The van der Waals surface area contributed by atoms with Gasteiger partial charge in [0.25, 0.3) is 0 Å². The van der Waals surface area contributed by atoms with Crippen LogP contribution in [-0.2, 0) is 0 Å². The first-order valence-electron chi connectivity index (χ1n) is 5.41. The summed E-state index contributed by atoms with van der Waals surface area (Å²) in [6.45, 7) is 0. The highest BCUT2D eigenvalue weighted by molar-refractivity contribution is 5.89. The third-order valence-electron chi connectivity index (χ3n) is 2.49. The van der Waals surface area contributed by atoms with Crippen molar-refractivity contribution in [1.82, 2.24) is 9.97 Å². The Morgan fingerprint density at radius 3 is 2.72 bits per heavy atom. The topological polar surface area (TPSA) is 66.3 Å². The fourth-order valence-corrected chi connectivity index (χ4v) is 1.52. The summed E-state index contributed by atoms with van der Waals surface area (Å²) in [7, 11) is 3.75. The van der Waals surface area contributed by atoms with E-state index in [1.54, 1.807) is 30.6 Å². The van der Waals surface area contributed by atoms with Gasteiger partial charge in [-0.1, -0.05) is 12.1 Å². The number of hydrogen-bond donors (Lipinski definition) is 1. The summed E-state index contributed by atoms with van der Waals surface area (Å²) < 4.78 is 0. The first kappa shape index (κ1) is 12.0. The van der Waals surface area contributed by atoms with E-state index in [0.717, 1.165) is 11.4 Å². The van der Waals surface area contributed by atoms with E-state index in [1.807, 2.05) is 25.1 Å². The van der Waals surface area contributed by atoms with Crippen molar-refractivity contribution >= 4 is 11.8 Å². The molecule has 0 aliphatic carbocycles. The molecule has 0 amide bonds. The average molecular weight is 243 g/mol. The van der Waals surface area contributed by atoms with Crippen LogP contribution < -0.4 is 4.90 Å². The molecule has 1 heterocycles. The summed E-state index contributed by atoms with van der Waals surface area (Å²) in [4.78, 5) is 21.3. The minimum atomic E-state index is -0.950. The van der Waals surface area contributed by atoms with Crippen LogP contribution in [0.2, 0.25) is 0 Å². The summed E-state index contributed by atoms with van der Waals surface area (Å²) in [5.41, 5.74) is 1.64. The maximum Gasteiger partial charge on any atom is 0.335 e. The number of anilines is 1. The molecule has 92 valence electrons. The van der Waals surface area contributed by atoms with E-state index in [1.165, 1.54) is 0 Å². The second kappa shape index (κ2) is 4.83. The Morgan fingerprint density at radius 2 is 2.06 bits per heavy atom. The van der Waals surface area contributed by atoms with Crippen LogP contribution in [0.3, 0.4) is 0 Å². The molecule has 0 aliphatic heterocycles. The van der Waals surface area contributed by atoms with E-state index in [4.69, 9.17) is 5.11 Å². The van der Waals surface area contributed by atoms with E-state index >= 15 is 0 Å². The molecule has 18 heavy (non-hydrogen) atoms. The maximum atomic E-state index is 10.9. The van der Waals surface area contributed by atoms with Crippen LogP contribution in [0.4, 0.5) is 5.82 Å². The van der Waals surface area contributed by atoms with E-state index in [0.29, 0.717) is 5.69 Å². The van der Waals surface area contributed by atoms with Gasteiger partial charge in [0, 0.05) is 19.7 Å². The minimum Gasteiger partial charge on any atom is -0.478 e. The van der Waals surface area contributed by atoms with Gasteiger partial charge in [-0.25, -0.2) is 9.78 Å². The van der Waals surface area contributed by atoms with Crippen LogP contribution in [0.25, 0.3) is 11.3 Å². The van der Waals surface area contributed by atoms with Crippen LogP contribution in [0.1, 0.15) is 10.4 Å². The smallest absolute Gasteiger partial charge is 0.335 e. The lowest BCUT2D eigenvalue weighted by atomic mass is 10.1. The second-order valence-corrected chi connectivity index (χ2v) is 4.04. The summed E-state index contributed by atoms with van der Waals surface area (Å²) in [6, 6.07) is 6.65. The summed E-state index contributed by atoms with van der Waals surface area (Å²) in [5.74, 6) is -0.221. The number of carboxylic acid groups (broad SMARTS) is 1. The molecule has 0 bridgehead atoms. The molecule has 0 saturated carbocycles. The van der Waals surface area contributed by atoms with Crippen molar-refractivity contribution in [2.75, 3.05) is 19.0 Å². The zero-order chi connectivity index (χ0) is 13.1. The molecule has 1 N–H and O–H groups in total. The number of benzene rings is 1. The number of carbonyl (C=O) groups is 1. The zero-order valence-corrected chi connectivity index (χ0v) is 10.2. The molecular formula is C13H13N3O2. The molecule has 5 heteroatoms. The van der Waals surface area contributed by atoms with Crippen molar-refractivity contribution < 1.29 is 9.90 Å². The summed E-state index contributed by atoms with van der Waals surface area (Å²) in [5, 5.41) is 8.95. The predicted octanol–water partition coefficient (Wildman–Crippen LogP) is 1.91. The zero-order valence-electron chi connectivity index (χ0n) is 10.2. The van der Waals surface area contributed by atoms with Crippen LogP contribution in [0, 0.1) is 0 Å². The normalized spacial score (nSPS) is 10.1. The predicted molar refractivity (Wildman–Crippen MR) is 68.8 cm³/mol. The molecule has 5 nitrogen and oxygen atoms in total. The fourth-order valence-electron chi connectivity index (χ4n) is 1.52. The summed E-state index contributed by atoms with van der Waals surface area (Å²) >= 11 is 0. The van der Waals surface area contributed by atoms with Gasteiger partial charge in [-0.2, -0.15) is 0 Å². The van der Waals surface area contributed by atoms with E-state index in [9.17, 15) is 4.79 Å².